The lowest BCUT2D eigenvalue weighted by molar-refractivity contribution is -0.117. The Kier molecular flexibility index (Phi) is 3.73. The second-order valence-electron chi connectivity index (χ2n) is 5.43. The molecule has 3 rings (SSSR count). The number of nitrogens with zero attached hydrogens (tertiary/aromatic N) is 2. The number of nitrogens with one attached hydrogen (secondary N) is 1. The standard InChI is InChI=1S/C14H16ClN3O3/c15-10-2-1-9-6-18(8-13(19)16-12(9)5-10)11-3-4-17(7-11)14(20)21/h1-2,5,11H,3-4,6-8H2,(H,16,19)(H,20,21)/t11-/m1/s1. The van der Waals surface area contributed by atoms with Crippen molar-refractivity contribution >= 4 is 29.3 Å². The summed E-state index contributed by atoms with van der Waals surface area (Å²) < 4.78 is 0. The van der Waals surface area contributed by atoms with E-state index in [0.717, 1.165) is 17.7 Å². The molecule has 1 aromatic carbocycles. The van der Waals surface area contributed by atoms with Crippen molar-refractivity contribution in [3.63, 3.8) is 0 Å². The molecule has 1 atom stereocenters. The largest absolute Gasteiger partial charge is 0.465 e. The van der Waals surface area contributed by atoms with Gasteiger partial charge in [-0.2, -0.15) is 0 Å². The monoisotopic (exact) mass is 309 g/mol. The highest BCUT2D eigenvalue weighted by Gasteiger charge is 2.32. The first-order valence-corrected chi connectivity index (χ1v) is 7.21. The van der Waals surface area contributed by atoms with Gasteiger partial charge < -0.3 is 15.3 Å². The fourth-order valence-corrected chi connectivity index (χ4v) is 3.10. The maximum Gasteiger partial charge on any atom is 0.407 e. The molecule has 2 heterocycles. The minimum absolute atomic E-state index is 0.0773. The first-order chi connectivity index (χ1) is 10.0. The Morgan fingerprint density at radius 3 is 2.90 bits per heavy atom. The topological polar surface area (TPSA) is 72.9 Å². The van der Waals surface area contributed by atoms with Crippen molar-refractivity contribution < 1.29 is 14.7 Å². The van der Waals surface area contributed by atoms with Gasteiger partial charge in [-0.1, -0.05) is 17.7 Å². The Hall–Kier alpha value is -1.79. The highest BCUT2D eigenvalue weighted by molar-refractivity contribution is 6.31. The number of fused-ring (bicyclic) bond motifs is 1. The van der Waals surface area contributed by atoms with Gasteiger partial charge in [-0.05, 0) is 24.1 Å². The summed E-state index contributed by atoms with van der Waals surface area (Å²) in [5, 5.41) is 12.5. The zero-order valence-electron chi connectivity index (χ0n) is 11.4. The van der Waals surface area contributed by atoms with E-state index in [4.69, 9.17) is 16.7 Å². The fraction of sp³-hybridized carbons (Fsp3) is 0.429. The summed E-state index contributed by atoms with van der Waals surface area (Å²) in [6.45, 7) is 1.85. The van der Waals surface area contributed by atoms with Crippen LogP contribution < -0.4 is 5.32 Å². The molecule has 2 N–H and O–H groups in total. The molecule has 1 aromatic rings. The summed E-state index contributed by atoms with van der Waals surface area (Å²) in [7, 11) is 0. The van der Waals surface area contributed by atoms with E-state index in [9.17, 15) is 9.59 Å². The molecule has 6 nitrogen and oxygen atoms in total. The highest BCUT2D eigenvalue weighted by atomic mass is 35.5. The normalized spacial score (nSPS) is 22.6. The Balaban J connectivity index is 1.80. The average molecular weight is 310 g/mol. The second-order valence-corrected chi connectivity index (χ2v) is 5.86. The van der Waals surface area contributed by atoms with Crippen molar-refractivity contribution in [1.82, 2.24) is 9.80 Å². The van der Waals surface area contributed by atoms with Crippen molar-refractivity contribution in [3.05, 3.63) is 28.8 Å². The molecule has 1 fully saturated rings. The van der Waals surface area contributed by atoms with Crippen LogP contribution in [0.15, 0.2) is 18.2 Å². The summed E-state index contributed by atoms with van der Waals surface area (Å²) in [5.41, 5.74) is 1.74. The number of hydrogen-bond acceptors (Lipinski definition) is 3. The predicted molar refractivity (Wildman–Crippen MR) is 78.5 cm³/mol. The van der Waals surface area contributed by atoms with Gasteiger partial charge in [0.1, 0.15) is 0 Å². The van der Waals surface area contributed by atoms with Crippen LogP contribution in [0.5, 0.6) is 0 Å². The van der Waals surface area contributed by atoms with Crippen LogP contribution in [0, 0.1) is 0 Å². The van der Waals surface area contributed by atoms with Crippen LogP contribution in [0.25, 0.3) is 0 Å². The maximum absolute atomic E-state index is 12.0. The molecule has 0 aromatic heterocycles. The maximum atomic E-state index is 12.0. The first kappa shape index (κ1) is 14.2. The van der Waals surface area contributed by atoms with E-state index in [0.29, 0.717) is 24.7 Å². The molecule has 0 aliphatic carbocycles. The van der Waals surface area contributed by atoms with Crippen LogP contribution >= 0.6 is 11.6 Å². The number of carbonyl (C=O) groups is 2. The van der Waals surface area contributed by atoms with Gasteiger partial charge in [0, 0.05) is 36.4 Å². The molecular formula is C14H16ClN3O3. The molecule has 112 valence electrons. The van der Waals surface area contributed by atoms with E-state index in [-0.39, 0.29) is 18.5 Å². The molecule has 0 spiro atoms. The molecule has 1 saturated heterocycles. The van der Waals surface area contributed by atoms with Gasteiger partial charge >= 0.3 is 6.09 Å². The number of carboxylic acid groups (broad SMARTS) is 1. The zero-order chi connectivity index (χ0) is 15.0. The Morgan fingerprint density at radius 2 is 2.19 bits per heavy atom. The van der Waals surface area contributed by atoms with Crippen LogP contribution in [0.1, 0.15) is 12.0 Å². The van der Waals surface area contributed by atoms with Crippen molar-refractivity contribution in [2.45, 2.75) is 19.0 Å². The average Bonchev–Trinajstić information content (AvgIpc) is 2.84. The molecule has 21 heavy (non-hydrogen) atoms. The van der Waals surface area contributed by atoms with Crippen LogP contribution in [0.4, 0.5) is 10.5 Å². The SMILES string of the molecule is O=C1CN([C@@H]2CCN(C(=O)O)C2)Cc2ccc(Cl)cc2N1. The van der Waals surface area contributed by atoms with Gasteiger partial charge in [-0.3, -0.25) is 9.69 Å². The number of carbonyl (C=O) groups excluding carboxylic acids is 1. The summed E-state index contributed by atoms with van der Waals surface area (Å²) >= 11 is 5.96. The fourth-order valence-electron chi connectivity index (χ4n) is 2.92. The Labute approximate surface area is 127 Å². The number of halogens is 1. The summed E-state index contributed by atoms with van der Waals surface area (Å²) in [5.74, 6) is -0.0928. The molecule has 0 unspecified atom stereocenters. The third kappa shape index (κ3) is 2.96. The van der Waals surface area contributed by atoms with Crippen LogP contribution in [0.3, 0.4) is 0 Å². The van der Waals surface area contributed by atoms with Crippen molar-refractivity contribution in [2.24, 2.45) is 0 Å². The summed E-state index contributed by atoms with van der Waals surface area (Å²) in [6.07, 6.45) is -0.147. The van der Waals surface area contributed by atoms with Gasteiger partial charge in [-0.15, -0.1) is 0 Å². The highest BCUT2D eigenvalue weighted by Crippen LogP contribution is 2.27. The van der Waals surface area contributed by atoms with Gasteiger partial charge in [0.2, 0.25) is 5.91 Å². The molecule has 0 bridgehead atoms. The molecule has 0 radical (unpaired) electrons. The van der Waals surface area contributed by atoms with Gasteiger partial charge in [0.25, 0.3) is 0 Å². The minimum atomic E-state index is -0.899. The predicted octanol–water partition coefficient (Wildman–Crippen LogP) is 1.85. The number of hydrogen-bond donors (Lipinski definition) is 2. The van der Waals surface area contributed by atoms with Crippen molar-refractivity contribution in [1.29, 1.82) is 0 Å². The zero-order valence-corrected chi connectivity index (χ0v) is 12.1. The number of rotatable bonds is 1. The van der Waals surface area contributed by atoms with Crippen LogP contribution in [0.2, 0.25) is 5.02 Å². The lowest BCUT2D eigenvalue weighted by Crippen LogP contribution is -2.41. The van der Waals surface area contributed by atoms with Crippen molar-refractivity contribution in [3.8, 4) is 0 Å². The molecule has 0 saturated carbocycles. The quantitative estimate of drug-likeness (QED) is 0.830. The molecule has 2 aliphatic heterocycles. The molecule has 7 heteroatoms. The smallest absolute Gasteiger partial charge is 0.407 e. The lowest BCUT2D eigenvalue weighted by Gasteiger charge is -2.26. The number of likely N-dealkylation sites (tertiary alicyclic amines) is 1. The summed E-state index contributed by atoms with van der Waals surface area (Å²) in [4.78, 5) is 26.5. The van der Waals surface area contributed by atoms with Gasteiger partial charge in [0.05, 0.1) is 6.54 Å². The second kappa shape index (κ2) is 5.54. The third-order valence-corrected chi connectivity index (χ3v) is 4.25. The van der Waals surface area contributed by atoms with E-state index in [2.05, 4.69) is 5.32 Å². The van der Waals surface area contributed by atoms with Gasteiger partial charge in [0.15, 0.2) is 0 Å². The van der Waals surface area contributed by atoms with E-state index >= 15 is 0 Å². The van der Waals surface area contributed by atoms with E-state index in [1.807, 2.05) is 11.0 Å². The first-order valence-electron chi connectivity index (χ1n) is 6.83. The van der Waals surface area contributed by atoms with E-state index in [1.54, 1.807) is 12.1 Å². The van der Waals surface area contributed by atoms with Crippen LogP contribution in [-0.4, -0.2) is 52.6 Å². The Bertz CT molecular complexity index is 593. The van der Waals surface area contributed by atoms with E-state index in [1.165, 1.54) is 4.90 Å². The minimum Gasteiger partial charge on any atom is -0.465 e. The van der Waals surface area contributed by atoms with Crippen LogP contribution in [-0.2, 0) is 11.3 Å². The number of benzene rings is 1. The number of anilines is 1. The van der Waals surface area contributed by atoms with Gasteiger partial charge in [-0.25, -0.2) is 4.79 Å². The third-order valence-electron chi connectivity index (χ3n) is 4.02. The lowest BCUT2D eigenvalue weighted by atomic mass is 10.1. The number of amides is 2. The molecule has 2 amide bonds. The van der Waals surface area contributed by atoms with Crippen molar-refractivity contribution in [2.75, 3.05) is 25.0 Å². The Morgan fingerprint density at radius 1 is 1.38 bits per heavy atom. The molecule has 2 aliphatic rings. The van der Waals surface area contributed by atoms with E-state index < -0.39 is 6.09 Å². The molecular weight excluding hydrogens is 294 g/mol. The summed E-state index contributed by atoms with van der Waals surface area (Å²) in [6, 6.07) is 5.53.